The molecule has 0 fully saturated rings. The van der Waals surface area contributed by atoms with Gasteiger partial charge in [-0.15, -0.1) is 0 Å². The van der Waals surface area contributed by atoms with Crippen LogP contribution in [0.5, 0.6) is 0 Å². The van der Waals surface area contributed by atoms with Gasteiger partial charge in [0, 0.05) is 15.7 Å². The summed E-state index contributed by atoms with van der Waals surface area (Å²) < 4.78 is 24.8. The van der Waals surface area contributed by atoms with Gasteiger partial charge in [0.05, 0.1) is 6.54 Å². The second-order valence-corrected chi connectivity index (χ2v) is 4.18. The zero-order valence-corrected chi connectivity index (χ0v) is 10.0. The van der Waals surface area contributed by atoms with Crippen LogP contribution in [0.15, 0.2) is 22.7 Å². The standard InChI is InChI=1S/C9H9BrF2N2S/c10-5-1-2-7(14-4-8(11)12)6(3-5)9(13)15/h1-3,8,14H,4H2,(H2,13,15). The topological polar surface area (TPSA) is 38.0 Å². The minimum Gasteiger partial charge on any atom is -0.389 e. The van der Waals surface area contributed by atoms with E-state index in [-0.39, 0.29) is 4.99 Å². The molecule has 0 saturated carbocycles. The first-order valence-corrected chi connectivity index (χ1v) is 5.32. The minimum atomic E-state index is -2.41. The molecule has 0 aromatic heterocycles. The molecule has 0 bridgehead atoms. The molecule has 0 aliphatic rings. The van der Waals surface area contributed by atoms with E-state index >= 15 is 0 Å². The maximum atomic E-state index is 12.0. The number of anilines is 1. The van der Waals surface area contributed by atoms with Crippen LogP contribution < -0.4 is 11.1 Å². The predicted molar refractivity (Wildman–Crippen MR) is 64.5 cm³/mol. The van der Waals surface area contributed by atoms with E-state index in [0.29, 0.717) is 11.3 Å². The highest BCUT2D eigenvalue weighted by Gasteiger charge is 2.08. The average Bonchev–Trinajstić information content (AvgIpc) is 2.15. The fourth-order valence-electron chi connectivity index (χ4n) is 1.06. The van der Waals surface area contributed by atoms with E-state index in [0.717, 1.165) is 4.47 Å². The van der Waals surface area contributed by atoms with Gasteiger partial charge in [0.1, 0.15) is 4.99 Å². The quantitative estimate of drug-likeness (QED) is 0.839. The van der Waals surface area contributed by atoms with Crippen LogP contribution in [0.2, 0.25) is 0 Å². The molecular formula is C9H9BrF2N2S. The first-order chi connectivity index (χ1) is 7.00. The monoisotopic (exact) mass is 294 g/mol. The van der Waals surface area contributed by atoms with E-state index in [1.807, 2.05) is 0 Å². The maximum Gasteiger partial charge on any atom is 0.255 e. The van der Waals surface area contributed by atoms with Crippen LogP contribution in [0.4, 0.5) is 14.5 Å². The minimum absolute atomic E-state index is 0.174. The van der Waals surface area contributed by atoms with Gasteiger partial charge in [-0.25, -0.2) is 8.78 Å². The van der Waals surface area contributed by atoms with Crippen LogP contribution in [-0.4, -0.2) is 18.0 Å². The first-order valence-electron chi connectivity index (χ1n) is 4.12. The van der Waals surface area contributed by atoms with Crippen molar-refractivity contribution in [2.45, 2.75) is 6.43 Å². The number of halogens is 3. The van der Waals surface area contributed by atoms with Gasteiger partial charge in [0.25, 0.3) is 6.43 Å². The van der Waals surface area contributed by atoms with Crippen LogP contribution >= 0.6 is 28.1 Å². The molecule has 15 heavy (non-hydrogen) atoms. The van der Waals surface area contributed by atoms with Crippen molar-refractivity contribution in [1.82, 2.24) is 0 Å². The van der Waals surface area contributed by atoms with Crippen LogP contribution in [0.25, 0.3) is 0 Å². The number of thiocarbonyl (C=S) groups is 1. The molecule has 0 atom stereocenters. The van der Waals surface area contributed by atoms with Crippen molar-refractivity contribution >= 4 is 38.8 Å². The fraction of sp³-hybridized carbons (Fsp3) is 0.222. The summed E-state index contributed by atoms with van der Waals surface area (Å²) in [6, 6.07) is 5.08. The van der Waals surface area contributed by atoms with E-state index in [1.54, 1.807) is 18.2 Å². The Balaban J connectivity index is 2.91. The predicted octanol–water partition coefficient (Wildman–Crippen LogP) is 2.76. The largest absolute Gasteiger partial charge is 0.389 e. The number of alkyl halides is 2. The third-order valence-electron chi connectivity index (χ3n) is 1.69. The van der Waals surface area contributed by atoms with Gasteiger partial charge in [-0.2, -0.15) is 0 Å². The highest BCUT2D eigenvalue weighted by Crippen LogP contribution is 2.21. The van der Waals surface area contributed by atoms with Gasteiger partial charge in [-0.05, 0) is 18.2 Å². The Labute approximate surface area is 100.0 Å². The number of nitrogens with one attached hydrogen (secondary N) is 1. The Morgan fingerprint density at radius 3 is 2.73 bits per heavy atom. The van der Waals surface area contributed by atoms with E-state index in [2.05, 4.69) is 21.2 Å². The van der Waals surface area contributed by atoms with Crippen molar-refractivity contribution in [3.63, 3.8) is 0 Å². The Morgan fingerprint density at radius 2 is 2.20 bits per heavy atom. The molecule has 0 unspecified atom stereocenters. The lowest BCUT2D eigenvalue weighted by Gasteiger charge is -2.11. The molecule has 1 aromatic rings. The van der Waals surface area contributed by atoms with E-state index in [1.165, 1.54) is 0 Å². The third-order valence-corrected chi connectivity index (χ3v) is 2.41. The Hall–Kier alpha value is -0.750. The molecule has 0 amide bonds. The molecule has 0 radical (unpaired) electrons. The molecular weight excluding hydrogens is 286 g/mol. The van der Waals surface area contributed by atoms with Crippen molar-refractivity contribution < 1.29 is 8.78 Å². The lowest BCUT2D eigenvalue weighted by Crippen LogP contribution is -2.16. The summed E-state index contributed by atoms with van der Waals surface area (Å²) in [7, 11) is 0. The molecule has 2 nitrogen and oxygen atoms in total. The number of benzene rings is 1. The SMILES string of the molecule is NC(=S)c1cc(Br)ccc1NCC(F)F. The molecule has 0 aliphatic heterocycles. The second kappa shape index (κ2) is 5.37. The molecule has 0 spiro atoms. The normalized spacial score (nSPS) is 10.4. The molecule has 6 heteroatoms. The summed E-state index contributed by atoms with van der Waals surface area (Å²) in [5, 5.41) is 2.58. The lowest BCUT2D eigenvalue weighted by atomic mass is 10.2. The third kappa shape index (κ3) is 3.71. The van der Waals surface area contributed by atoms with Crippen LogP contribution in [0.1, 0.15) is 5.56 Å². The van der Waals surface area contributed by atoms with Gasteiger partial charge < -0.3 is 11.1 Å². The molecule has 3 N–H and O–H groups in total. The highest BCUT2D eigenvalue weighted by molar-refractivity contribution is 9.10. The lowest BCUT2D eigenvalue weighted by molar-refractivity contribution is 0.163. The van der Waals surface area contributed by atoms with Gasteiger partial charge in [0.15, 0.2) is 0 Å². The van der Waals surface area contributed by atoms with Gasteiger partial charge in [-0.1, -0.05) is 28.1 Å². The molecule has 1 aromatic carbocycles. The number of rotatable bonds is 4. The number of hydrogen-bond acceptors (Lipinski definition) is 2. The fourth-order valence-corrected chi connectivity index (χ4v) is 1.59. The van der Waals surface area contributed by atoms with Crippen molar-refractivity contribution in [2.75, 3.05) is 11.9 Å². The summed E-state index contributed by atoms with van der Waals surface area (Å²) in [5.74, 6) is 0. The highest BCUT2D eigenvalue weighted by atomic mass is 79.9. The molecule has 0 saturated heterocycles. The van der Waals surface area contributed by atoms with E-state index in [9.17, 15) is 8.78 Å². The molecule has 0 aliphatic carbocycles. The summed E-state index contributed by atoms with van der Waals surface area (Å²) in [6.45, 7) is -0.419. The Bertz CT molecular complexity index is 371. The molecule has 0 heterocycles. The van der Waals surface area contributed by atoms with Gasteiger partial charge in [0.2, 0.25) is 0 Å². The number of hydrogen-bond donors (Lipinski definition) is 2. The second-order valence-electron chi connectivity index (χ2n) is 2.83. The summed E-state index contributed by atoms with van der Waals surface area (Å²) in [4.78, 5) is 0.174. The van der Waals surface area contributed by atoms with Gasteiger partial charge >= 0.3 is 0 Å². The molecule has 82 valence electrons. The number of nitrogens with two attached hydrogens (primary N) is 1. The molecule has 1 rings (SSSR count). The Kier molecular flexibility index (Phi) is 4.41. The van der Waals surface area contributed by atoms with E-state index in [4.69, 9.17) is 18.0 Å². The van der Waals surface area contributed by atoms with Crippen molar-refractivity contribution in [1.29, 1.82) is 0 Å². The zero-order valence-electron chi connectivity index (χ0n) is 7.64. The van der Waals surface area contributed by atoms with Crippen LogP contribution in [0, 0.1) is 0 Å². The van der Waals surface area contributed by atoms with Crippen LogP contribution in [-0.2, 0) is 0 Å². The average molecular weight is 295 g/mol. The maximum absolute atomic E-state index is 12.0. The summed E-state index contributed by atoms with van der Waals surface area (Å²) in [5.41, 5.74) is 6.55. The smallest absolute Gasteiger partial charge is 0.255 e. The van der Waals surface area contributed by atoms with Crippen molar-refractivity contribution in [3.8, 4) is 0 Å². The summed E-state index contributed by atoms with van der Waals surface area (Å²) in [6.07, 6.45) is -2.41. The van der Waals surface area contributed by atoms with E-state index < -0.39 is 13.0 Å². The van der Waals surface area contributed by atoms with Gasteiger partial charge in [-0.3, -0.25) is 0 Å². The van der Waals surface area contributed by atoms with Crippen LogP contribution in [0.3, 0.4) is 0 Å². The Morgan fingerprint density at radius 1 is 1.53 bits per heavy atom. The summed E-state index contributed by atoms with van der Waals surface area (Å²) >= 11 is 8.07. The first kappa shape index (κ1) is 12.3. The zero-order chi connectivity index (χ0) is 11.4. The van der Waals surface area contributed by atoms with Crippen molar-refractivity contribution in [2.24, 2.45) is 5.73 Å². The van der Waals surface area contributed by atoms with Crippen molar-refractivity contribution in [3.05, 3.63) is 28.2 Å².